The van der Waals surface area contributed by atoms with Gasteiger partial charge in [0.15, 0.2) is 0 Å². The van der Waals surface area contributed by atoms with Crippen LogP contribution >= 0.6 is 11.3 Å². The van der Waals surface area contributed by atoms with Gasteiger partial charge in [-0.2, -0.15) is 4.31 Å². The Bertz CT molecular complexity index is 875. The lowest BCUT2D eigenvalue weighted by Gasteiger charge is -2.33. The molecule has 7 nitrogen and oxygen atoms in total. The molecule has 0 bridgehead atoms. The molecule has 9 heteroatoms. The number of rotatable bonds is 6. The molecule has 0 atom stereocenters. The fourth-order valence-electron chi connectivity index (χ4n) is 2.85. The van der Waals surface area contributed by atoms with E-state index in [-0.39, 0.29) is 37.9 Å². The summed E-state index contributed by atoms with van der Waals surface area (Å²) in [6.45, 7) is 1.52. The second-order valence-electron chi connectivity index (χ2n) is 6.09. The molecule has 2 heterocycles. The van der Waals surface area contributed by atoms with Crippen LogP contribution in [0.5, 0.6) is 0 Å². The molecule has 2 aromatic rings. The summed E-state index contributed by atoms with van der Waals surface area (Å²) in [5.41, 5.74) is 0.553. The van der Waals surface area contributed by atoms with E-state index in [1.807, 2.05) is 6.07 Å². The summed E-state index contributed by atoms with van der Waals surface area (Å²) in [5, 5.41) is 4.46. The maximum absolute atomic E-state index is 12.5. The van der Waals surface area contributed by atoms with E-state index in [1.165, 1.54) is 15.6 Å². The first-order valence-corrected chi connectivity index (χ1v) is 10.9. The van der Waals surface area contributed by atoms with Gasteiger partial charge in [0.25, 0.3) is 15.9 Å². The van der Waals surface area contributed by atoms with Gasteiger partial charge in [-0.3, -0.25) is 9.59 Å². The minimum absolute atomic E-state index is 0.0865. The van der Waals surface area contributed by atoms with Crippen molar-refractivity contribution >= 4 is 33.2 Å². The van der Waals surface area contributed by atoms with Crippen LogP contribution in [0.1, 0.15) is 16.8 Å². The van der Waals surface area contributed by atoms with Crippen LogP contribution in [0.25, 0.3) is 0 Å². The van der Waals surface area contributed by atoms with Crippen molar-refractivity contribution in [2.45, 2.75) is 10.6 Å². The van der Waals surface area contributed by atoms with E-state index in [4.69, 9.17) is 0 Å². The minimum atomic E-state index is -3.47. The van der Waals surface area contributed by atoms with Gasteiger partial charge in [0.2, 0.25) is 5.91 Å². The lowest BCUT2D eigenvalue weighted by atomic mass is 10.2. The van der Waals surface area contributed by atoms with Gasteiger partial charge in [0.1, 0.15) is 4.21 Å². The van der Waals surface area contributed by atoms with Crippen LogP contribution < -0.4 is 5.32 Å². The Balaban J connectivity index is 1.44. The number of carbonyl (C=O) groups excluding carboxylic acids is 2. The first kappa shape index (κ1) is 19.5. The summed E-state index contributed by atoms with van der Waals surface area (Å²) in [5.74, 6) is -0.299. The number of carbonyl (C=O) groups is 2. The Hall–Kier alpha value is -2.23. The highest BCUT2D eigenvalue weighted by Crippen LogP contribution is 2.22. The molecular formula is C18H21N3O4S2. The highest BCUT2D eigenvalue weighted by Gasteiger charge is 2.30. The zero-order chi connectivity index (χ0) is 19.3. The molecule has 1 aromatic carbocycles. The number of thiophene rings is 1. The minimum Gasteiger partial charge on any atom is -0.352 e. The lowest BCUT2D eigenvalue weighted by molar-refractivity contribution is -0.132. The van der Waals surface area contributed by atoms with Gasteiger partial charge < -0.3 is 10.2 Å². The third kappa shape index (κ3) is 4.74. The van der Waals surface area contributed by atoms with Crippen molar-refractivity contribution < 1.29 is 18.0 Å². The SMILES string of the molecule is O=C(NCCC(=O)N1CCN(S(=O)(=O)c2cccs2)CC1)c1ccccc1. The zero-order valence-electron chi connectivity index (χ0n) is 14.7. The highest BCUT2D eigenvalue weighted by atomic mass is 32.2. The molecule has 0 radical (unpaired) electrons. The van der Waals surface area contributed by atoms with Gasteiger partial charge in [-0.05, 0) is 23.6 Å². The number of nitrogens with one attached hydrogen (secondary N) is 1. The average molecular weight is 408 g/mol. The van der Waals surface area contributed by atoms with Gasteiger partial charge in [0, 0.05) is 44.7 Å². The average Bonchev–Trinajstić information content (AvgIpc) is 3.24. The molecule has 1 aromatic heterocycles. The largest absolute Gasteiger partial charge is 0.352 e. The van der Waals surface area contributed by atoms with Crippen LogP contribution in [-0.4, -0.2) is 62.2 Å². The summed E-state index contributed by atoms with van der Waals surface area (Å²) >= 11 is 1.19. The van der Waals surface area contributed by atoms with Crippen molar-refractivity contribution in [3.05, 3.63) is 53.4 Å². The van der Waals surface area contributed by atoms with Crippen molar-refractivity contribution in [2.75, 3.05) is 32.7 Å². The predicted octanol–water partition coefficient (Wildman–Crippen LogP) is 1.40. The van der Waals surface area contributed by atoms with Gasteiger partial charge in [-0.15, -0.1) is 11.3 Å². The summed E-state index contributed by atoms with van der Waals surface area (Å²) in [6, 6.07) is 12.1. The van der Waals surface area contributed by atoms with Gasteiger partial charge in [-0.25, -0.2) is 8.42 Å². The molecule has 2 amide bonds. The van der Waals surface area contributed by atoms with Crippen LogP contribution in [0.15, 0.2) is 52.1 Å². The van der Waals surface area contributed by atoms with E-state index >= 15 is 0 Å². The molecule has 1 fully saturated rings. The van der Waals surface area contributed by atoms with Crippen LogP contribution in [0.2, 0.25) is 0 Å². The van der Waals surface area contributed by atoms with Crippen LogP contribution in [0, 0.1) is 0 Å². The van der Waals surface area contributed by atoms with Gasteiger partial charge in [-0.1, -0.05) is 24.3 Å². The van der Waals surface area contributed by atoms with Crippen molar-refractivity contribution in [2.24, 2.45) is 0 Å². The molecule has 1 saturated heterocycles. The third-order valence-corrected chi connectivity index (χ3v) is 7.61. The van der Waals surface area contributed by atoms with Crippen molar-refractivity contribution in [1.29, 1.82) is 0 Å². The van der Waals surface area contributed by atoms with Crippen LogP contribution in [0.4, 0.5) is 0 Å². The zero-order valence-corrected chi connectivity index (χ0v) is 16.3. The smallest absolute Gasteiger partial charge is 0.252 e. The summed E-state index contributed by atoms with van der Waals surface area (Å²) in [7, 11) is -3.47. The molecule has 1 aliphatic heterocycles. The maximum atomic E-state index is 12.5. The predicted molar refractivity (Wildman–Crippen MR) is 103 cm³/mol. The summed E-state index contributed by atoms with van der Waals surface area (Å²) < 4.78 is 26.7. The molecule has 1 N–H and O–H groups in total. The van der Waals surface area contributed by atoms with E-state index < -0.39 is 10.0 Å². The van der Waals surface area contributed by atoms with Crippen molar-refractivity contribution in [3.8, 4) is 0 Å². The Morgan fingerprint density at radius 1 is 1.00 bits per heavy atom. The fraction of sp³-hybridized carbons (Fsp3) is 0.333. The summed E-state index contributed by atoms with van der Waals surface area (Å²) in [4.78, 5) is 25.9. The van der Waals surface area contributed by atoms with E-state index in [9.17, 15) is 18.0 Å². The van der Waals surface area contributed by atoms with E-state index in [1.54, 1.807) is 46.7 Å². The Morgan fingerprint density at radius 3 is 2.33 bits per heavy atom. The molecule has 144 valence electrons. The number of nitrogens with zero attached hydrogens (tertiary/aromatic N) is 2. The molecular weight excluding hydrogens is 386 g/mol. The van der Waals surface area contributed by atoms with E-state index in [0.717, 1.165) is 0 Å². The normalized spacial score (nSPS) is 15.5. The van der Waals surface area contributed by atoms with Crippen LogP contribution in [-0.2, 0) is 14.8 Å². The van der Waals surface area contributed by atoms with E-state index in [2.05, 4.69) is 5.32 Å². The fourth-order valence-corrected chi connectivity index (χ4v) is 5.41. The molecule has 0 aliphatic carbocycles. The second kappa shape index (κ2) is 8.64. The maximum Gasteiger partial charge on any atom is 0.252 e. The standard InChI is InChI=1S/C18H21N3O4S2/c22-16(8-9-19-18(23)15-5-2-1-3-6-15)20-10-12-21(13-11-20)27(24,25)17-7-4-14-26-17/h1-7,14H,8-13H2,(H,19,23). The summed E-state index contributed by atoms with van der Waals surface area (Å²) in [6.07, 6.45) is 0.191. The van der Waals surface area contributed by atoms with Crippen molar-refractivity contribution in [3.63, 3.8) is 0 Å². The molecule has 1 aliphatic rings. The number of benzene rings is 1. The van der Waals surface area contributed by atoms with Gasteiger partial charge >= 0.3 is 0 Å². The van der Waals surface area contributed by atoms with Crippen LogP contribution in [0.3, 0.4) is 0 Å². The Labute approximate surface area is 162 Å². The van der Waals surface area contributed by atoms with E-state index in [0.29, 0.717) is 22.9 Å². The molecule has 3 rings (SSSR count). The van der Waals surface area contributed by atoms with Crippen molar-refractivity contribution in [1.82, 2.24) is 14.5 Å². The second-order valence-corrected chi connectivity index (χ2v) is 9.20. The third-order valence-electron chi connectivity index (χ3n) is 4.34. The molecule has 0 unspecified atom stereocenters. The number of sulfonamides is 1. The Morgan fingerprint density at radius 2 is 1.70 bits per heavy atom. The first-order valence-electron chi connectivity index (χ1n) is 8.63. The molecule has 27 heavy (non-hydrogen) atoms. The number of piperazine rings is 1. The highest BCUT2D eigenvalue weighted by molar-refractivity contribution is 7.91. The monoisotopic (exact) mass is 407 g/mol. The lowest BCUT2D eigenvalue weighted by Crippen LogP contribution is -2.50. The number of hydrogen-bond donors (Lipinski definition) is 1. The van der Waals surface area contributed by atoms with Gasteiger partial charge in [0.05, 0.1) is 0 Å². The topological polar surface area (TPSA) is 86.8 Å². The molecule has 0 spiro atoms. The number of amides is 2. The number of hydrogen-bond acceptors (Lipinski definition) is 5. The first-order chi connectivity index (χ1) is 13.0. The quantitative estimate of drug-likeness (QED) is 0.784. The molecule has 0 saturated carbocycles. The Kier molecular flexibility index (Phi) is 6.25.